The highest BCUT2D eigenvalue weighted by atomic mass is 35.5. The Kier molecular flexibility index (Phi) is 5.78. The second-order valence-electron chi connectivity index (χ2n) is 4.89. The number of nitrogens with two attached hydrogens (primary N) is 1. The van der Waals surface area contributed by atoms with Gasteiger partial charge < -0.3 is 20.0 Å². The Morgan fingerprint density at radius 1 is 1.43 bits per heavy atom. The van der Waals surface area contributed by atoms with Gasteiger partial charge in [-0.15, -0.1) is 4.91 Å². The highest BCUT2D eigenvalue weighted by Crippen LogP contribution is 2.31. The molecule has 8 heteroatoms. The van der Waals surface area contributed by atoms with E-state index >= 15 is 0 Å². The Hall–Kier alpha value is -2.02. The van der Waals surface area contributed by atoms with Gasteiger partial charge in [0.1, 0.15) is 16.4 Å². The zero-order chi connectivity index (χ0) is 16.0. The number of esters is 1. The lowest BCUT2D eigenvalue weighted by molar-refractivity contribution is -0.0364. The minimum atomic E-state index is -0.807. The van der Waals surface area contributed by atoms with Crippen LogP contribution in [-0.2, 0) is 9.57 Å². The van der Waals surface area contributed by atoms with Crippen molar-refractivity contribution in [2.45, 2.75) is 25.9 Å². The Morgan fingerprint density at radius 2 is 2.10 bits per heavy atom. The van der Waals surface area contributed by atoms with Gasteiger partial charge >= 0.3 is 5.97 Å². The van der Waals surface area contributed by atoms with Gasteiger partial charge in [-0.05, 0) is 26.0 Å². The number of nitrogen functional groups attached to an aromatic ring is 1. The van der Waals surface area contributed by atoms with Crippen LogP contribution >= 0.6 is 11.6 Å². The first-order valence-electron chi connectivity index (χ1n) is 6.11. The van der Waals surface area contributed by atoms with Gasteiger partial charge in [0, 0.05) is 6.42 Å². The Labute approximate surface area is 127 Å². The Bertz CT molecular complexity index is 534. The predicted octanol–water partition coefficient (Wildman–Crippen LogP) is 2.95. The molecule has 0 saturated carbocycles. The fourth-order valence-electron chi connectivity index (χ4n) is 1.51. The summed E-state index contributed by atoms with van der Waals surface area (Å²) in [5.41, 5.74) is 5.32. The highest BCUT2D eigenvalue weighted by Gasteiger charge is 2.21. The molecule has 116 valence electrons. The maximum atomic E-state index is 11.9. The summed E-state index contributed by atoms with van der Waals surface area (Å²) >= 11 is 5.91. The summed E-state index contributed by atoms with van der Waals surface area (Å²) in [7, 11) is 1.42. The number of ether oxygens (including phenoxy) is 2. The average Bonchev–Trinajstić information content (AvgIpc) is 2.41. The lowest BCUT2D eigenvalue weighted by Crippen LogP contribution is -2.24. The van der Waals surface area contributed by atoms with Crippen LogP contribution in [0.3, 0.4) is 0 Å². The van der Waals surface area contributed by atoms with Crippen LogP contribution in [0.1, 0.15) is 30.6 Å². The van der Waals surface area contributed by atoms with Crippen LogP contribution in [0.5, 0.6) is 5.75 Å². The third-order valence-corrected chi connectivity index (χ3v) is 3.15. The van der Waals surface area contributed by atoms with Crippen LogP contribution in [0.2, 0.25) is 5.02 Å². The van der Waals surface area contributed by atoms with Crippen LogP contribution in [0.15, 0.2) is 17.5 Å². The van der Waals surface area contributed by atoms with Crippen molar-refractivity contribution in [3.63, 3.8) is 0 Å². The van der Waals surface area contributed by atoms with E-state index < -0.39 is 11.6 Å². The molecule has 0 fully saturated rings. The molecule has 0 amide bonds. The molecule has 0 spiro atoms. The fourth-order valence-corrected chi connectivity index (χ4v) is 1.69. The summed E-state index contributed by atoms with van der Waals surface area (Å²) in [6.07, 6.45) is 0.310. The number of halogens is 1. The van der Waals surface area contributed by atoms with E-state index in [1.807, 2.05) is 0 Å². The molecule has 0 bridgehead atoms. The zero-order valence-electron chi connectivity index (χ0n) is 12.0. The van der Waals surface area contributed by atoms with E-state index in [1.54, 1.807) is 13.8 Å². The maximum absolute atomic E-state index is 11.9. The molecule has 1 aromatic rings. The van der Waals surface area contributed by atoms with E-state index in [0.717, 1.165) is 0 Å². The van der Waals surface area contributed by atoms with Crippen LogP contribution in [0.25, 0.3) is 0 Å². The molecule has 0 heterocycles. The minimum absolute atomic E-state index is 0.0617. The molecule has 7 nitrogen and oxygen atoms in total. The van der Waals surface area contributed by atoms with E-state index in [-0.39, 0.29) is 28.6 Å². The van der Waals surface area contributed by atoms with E-state index in [9.17, 15) is 9.70 Å². The van der Waals surface area contributed by atoms with Gasteiger partial charge in [-0.2, -0.15) is 0 Å². The van der Waals surface area contributed by atoms with Crippen molar-refractivity contribution in [3.05, 3.63) is 27.6 Å². The van der Waals surface area contributed by atoms with Gasteiger partial charge in [0.15, 0.2) is 5.34 Å². The molecule has 0 unspecified atom stereocenters. The van der Waals surface area contributed by atoms with Gasteiger partial charge in [-0.1, -0.05) is 11.6 Å². The maximum Gasteiger partial charge on any atom is 0.338 e. The van der Waals surface area contributed by atoms with Crippen molar-refractivity contribution in [3.8, 4) is 5.75 Å². The topological polar surface area (TPSA) is 100 Å². The minimum Gasteiger partial charge on any atom is -0.495 e. The number of rotatable bonds is 7. The molecule has 0 aliphatic heterocycles. The molecule has 0 aliphatic carbocycles. The smallest absolute Gasteiger partial charge is 0.338 e. The largest absolute Gasteiger partial charge is 0.495 e. The van der Waals surface area contributed by atoms with Crippen LogP contribution < -0.4 is 10.5 Å². The van der Waals surface area contributed by atoms with E-state index in [2.05, 4.69) is 10.2 Å². The molecule has 2 N–H and O–H groups in total. The Balaban J connectivity index is 2.68. The third-order valence-electron chi connectivity index (χ3n) is 2.74. The van der Waals surface area contributed by atoms with Crippen molar-refractivity contribution in [1.29, 1.82) is 0 Å². The lowest BCUT2D eigenvalue weighted by Gasteiger charge is -2.19. The lowest BCUT2D eigenvalue weighted by atomic mass is 10.1. The number of nitrogens with zero attached hydrogens (tertiary/aromatic N) is 1. The second kappa shape index (κ2) is 7.12. The van der Waals surface area contributed by atoms with Gasteiger partial charge in [-0.25, -0.2) is 4.79 Å². The van der Waals surface area contributed by atoms with E-state index in [0.29, 0.717) is 6.42 Å². The predicted molar refractivity (Wildman–Crippen MR) is 78.3 cm³/mol. The van der Waals surface area contributed by atoms with Crippen molar-refractivity contribution in [2.75, 3.05) is 19.5 Å². The van der Waals surface area contributed by atoms with Crippen LogP contribution in [0.4, 0.5) is 5.69 Å². The number of methoxy groups -OCH3 is 1. The summed E-state index contributed by atoms with van der Waals surface area (Å²) in [5.74, 6) is -0.288. The molecular formula is C13H17ClN2O5. The SMILES string of the molecule is COc1cc(C(=O)OCCC(C)(C)ON=O)cc(N)c1Cl. The van der Waals surface area contributed by atoms with Crippen molar-refractivity contribution in [1.82, 2.24) is 0 Å². The summed E-state index contributed by atoms with van der Waals surface area (Å²) in [4.78, 5) is 26.6. The second-order valence-corrected chi connectivity index (χ2v) is 5.27. The monoisotopic (exact) mass is 316 g/mol. The van der Waals surface area contributed by atoms with Crippen LogP contribution in [0, 0.1) is 4.91 Å². The number of hydrogen-bond acceptors (Lipinski definition) is 7. The molecule has 0 atom stereocenters. The number of carbonyl (C=O) groups excluding carboxylic acids is 1. The van der Waals surface area contributed by atoms with Crippen molar-refractivity contribution >= 4 is 23.3 Å². The quantitative estimate of drug-likeness (QED) is 0.359. The first-order valence-corrected chi connectivity index (χ1v) is 6.49. The van der Waals surface area contributed by atoms with E-state index in [4.69, 9.17) is 26.8 Å². The first-order chi connectivity index (χ1) is 9.80. The molecule has 1 aromatic carbocycles. The van der Waals surface area contributed by atoms with Crippen molar-refractivity contribution in [2.24, 2.45) is 5.34 Å². The molecule has 1 rings (SSSR count). The number of hydrogen-bond donors (Lipinski definition) is 1. The molecular weight excluding hydrogens is 300 g/mol. The Morgan fingerprint density at radius 3 is 2.67 bits per heavy atom. The van der Waals surface area contributed by atoms with Crippen molar-refractivity contribution < 1.29 is 19.1 Å². The molecule has 0 saturated heterocycles. The molecule has 0 radical (unpaired) electrons. The first kappa shape index (κ1) is 17.0. The standard InChI is InChI=1S/C13H17ClN2O5/c1-13(2,21-16-18)4-5-20-12(17)8-6-9(15)11(14)10(7-8)19-3/h6-7H,4-5,15H2,1-3H3. The number of carbonyl (C=O) groups is 1. The van der Waals surface area contributed by atoms with Gasteiger partial charge in [0.25, 0.3) is 0 Å². The average molecular weight is 317 g/mol. The highest BCUT2D eigenvalue weighted by molar-refractivity contribution is 6.34. The molecule has 0 aliphatic rings. The van der Waals surface area contributed by atoms with Gasteiger partial charge in [-0.3, -0.25) is 0 Å². The van der Waals surface area contributed by atoms with E-state index in [1.165, 1.54) is 19.2 Å². The summed E-state index contributed by atoms with van der Waals surface area (Å²) < 4.78 is 10.1. The zero-order valence-corrected chi connectivity index (χ0v) is 12.8. The van der Waals surface area contributed by atoms with Gasteiger partial charge in [0.05, 0.1) is 25.0 Å². The fraction of sp³-hybridized carbons (Fsp3) is 0.462. The normalized spacial score (nSPS) is 10.9. The summed E-state index contributed by atoms with van der Waals surface area (Å²) in [6.45, 7) is 3.38. The third kappa shape index (κ3) is 4.78. The summed E-state index contributed by atoms with van der Waals surface area (Å²) in [6, 6.07) is 2.84. The molecule has 0 aromatic heterocycles. The van der Waals surface area contributed by atoms with Gasteiger partial charge in [0.2, 0.25) is 0 Å². The number of anilines is 1. The van der Waals surface area contributed by atoms with Crippen LogP contribution in [-0.4, -0.2) is 25.3 Å². The molecule has 21 heavy (non-hydrogen) atoms. The number of benzene rings is 1. The summed E-state index contributed by atoms with van der Waals surface area (Å²) in [5, 5.41) is 2.61.